The van der Waals surface area contributed by atoms with E-state index < -0.39 is 36.0 Å². The van der Waals surface area contributed by atoms with Crippen molar-refractivity contribution in [2.75, 3.05) is 5.32 Å². The molecule has 2 atom stereocenters. The van der Waals surface area contributed by atoms with Crippen molar-refractivity contribution >= 4 is 52.7 Å². The number of hydrogen-bond acceptors (Lipinski definition) is 7. The number of carbonyl (C=O) groups is 4. The van der Waals surface area contributed by atoms with Crippen LogP contribution in [-0.2, 0) is 19.1 Å². The molecule has 0 spiro atoms. The van der Waals surface area contributed by atoms with E-state index in [0.717, 1.165) is 0 Å². The summed E-state index contributed by atoms with van der Waals surface area (Å²) in [6.07, 6.45) is -4.46. The van der Waals surface area contributed by atoms with Crippen LogP contribution in [0.15, 0.2) is 72.8 Å². The molecule has 3 rings (SSSR count). The van der Waals surface area contributed by atoms with Gasteiger partial charge in [0.25, 0.3) is 5.91 Å². The van der Waals surface area contributed by atoms with Gasteiger partial charge >= 0.3 is 17.9 Å². The molecule has 182 valence electrons. The van der Waals surface area contributed by atoms with Gasteiger partial charge in [-0.1, -0.05) is 59.6 Å². The third-order valence-corrected chi connectivity index (χ3v) is 5.40. The van der Waals surface area contributed by atoms with Gasteiger partial charge in [-0.25, -0.2) is 14.4 Å². The van der Waals surface area contributed by atoms with Gasteiger partial charge in [0, 0.05) is 0 Å². The van der Waals surface area contributed by atoms with Crippen LogP contribution in [0.2, 0.25) is 10.0 Å². The van der Waals surface area contributed by atoms with Crippen molar-refractivity contribution in [3.05, 3.63) is 99.5 Å². The highest BCUT2D eigenvalue weighted by molar-refractivity contribution is 6.34. The maximum Gasteiger partial charge on any atom is 0.349 e. The van der Waals surface area contributed by atoms with Gasteiger partial charge in [0.1, 0.15) is 6.07 Å². The molecule has 1 amide bonds. The quantitative estimate of drug-likeness (QED) is 0.412. The molecule has 0 bridgehead atoms. The molecule has 0 unspecified atom stereocenters. The molecule has 11 heteroatoms. The zero-order valence-electron chi connectivity index (χ0n) is 18.2. The van der Waals surface area contributed by atoms with E-state index in [1.54, 1.807) is 18.2 Å². The maximum atomic E-state index is 13.2. The fraction of sp³-hybridized carbons (Fsp3) is 0.0800. The van der Waals surface area contributed by atoms with Crippen LogP contribution in [-0.4, -0.2) is 41.1 Å². The molecule has 0 heterocycles. The van der Waals surface area contributed by atoms with Crippen molar-refractivity contribution < 1.29 is 33.8 Å². The second kappa shape index (κ2) is 11.8. The van der Waals surface area contributed by atoms with Gasteiger partial charge in [-0.05, 0) is 36.4 Å². The first-order valence-electron chi connectivity index (χ1n) is 10.2. The molecule has 0 saturated heterocycles. The van der Waals surface area contributed by atoms with E-state index >= 15 is 0 Å². The molecule has 3 aromatic rings. The predicted molar refractivity (Wildman–Crippen MR) is 129 cm³/mol. The van der Waals surface area contributed by atoms with Gasteiger partial charge in [0.15, 0.2) is 0 Å². The molecular weight excluding hydrogens is 511 g/mol. The Hall–Kier alpha value is -4.39. The van der Waals surface area contributed by atoms with E-state index in [2.05, 4.69) is 5.32 Å². The Kier molecular flexibility index (Phi) is 8.62. The first kappa shape index (κ1) is 26.2. The van der Waals surface area contributed by atoms with Crippen LogP contribution in [0.4, 0.5) is 5.69 Å². The minimum absolute atomic E-state index is 0.0172. The molecule has 36 heavy (non-hydrogen) atoms. The molecule has 0 aliphatic carbocycles. The highest BCUT2D eigenvalue weighted by Gasteiger charge is 2.41. The van der Waals surface area contributed by atoms with Crippen LogP contribution >= 0.6 is 23.2 Å². The van der Waals surface area contributed by atoms with E-state index in [0.29, 0.717) is 0 Å². The number of nitrogens with one attached hydrogen (secondary N) is 1. The van der Waals surface area contributed by atoms with Gasteiger partial charge in [-0.15, -0.1) is 0 Å². The van der Waals surface area contributed by atoms with E-state index in [1.807, 2.05) is 6.07 Å². The number of nitriles is 1. The Labute approximate surface area is 214 Å². The number of esters is 2. The number of benzene rings is 3. The Morgan fingerprint density at radius 2 is 1.25 bits per heavy atom. The second-order valence-electron chi connectivity index (χ2n) is 7.10. The lowest BCUT2D eigenvalue weighted by Gasteiger charge is -2.24. The molecule has 0 saturated carbocycles. The number of carbonyl (C=O) groups excluding carboxylic acids is 3. The van der Waals surface area contributed by atoms with E-state index in [-0.39, 0.29) is 32.4 Å². The molecule has 9 nitrogen and oxygen atoms in total. The van der Waals surface area contributed by atoms with Crippen molar-refractivity contribution in [1.29, 1.82) is 5.26 Å². The average Bonchev–Trinajstić information content (AvgIpc) is 2.86. The largest absolute Gasteiger partial charge is 0.478 e. The van der Waals surface area contributed by atoms with Gasteiger partial charge in [0.2, 0.25) is 12.2 Å². The summed E-state index contributed by atoms with van der Waals surface area (Å²) in [5.74, 6) is -5.26. The van der Waals surface area contributed by atoms with Gasteiger partial charge in [-0.2, -0.15) is 5.26 Å². The number of carboxylic acids is 1. The summed E-state index contributed by atoms with van der Waals surface area (Å²) >= 11 is 12.0. The Balaban J connectivity index is 1.98. The van der Waals surface area contributed by atoms with Crippen LogP contribution in [0.3, 0.4) is 0 Å². The first-order chi connectivity index (χ1) is 17.2. The lowest BCUT2D eigenvalue weighted by atomic mass is 10.1. The third kappa shape index (κ3) is 6.18. The topological polar surface area (TPSA) is 143 Å². The summed E-state index contributed by atoms with van der Waals surface area (Å²) in [5, 5.41) is 21.4. The zero-order valence-corrected chi connectivity index (χ0v) is 19.7. The smallest absolute Gasteiger partial charge is 0.349 e. The number of carboxylic acid groups (broad SMARTS) is 1. The maximum absolute atomic E-state index is 13.2. The lowest BCUT2D eigenvalue weighted by molar-refractivity contribution is -0.157. The fourth-order valence-electron chi connectivity index (χ4n) is 3.00. The normalized spacial score (nSPS) is 11.9. The van der Waals surface area contributed by atoms with Crippen LogP contribution in [0.25, 0.3) is 0 Å². The monoisotopic (exact) mass is 526 g/mol. The average molecular weight is 527 g/mol. The summed E-state index contributed by atoms with van der Waals surface area (Å²) in [4.78, 5) is 50.7. The molecule has 0 aliphatic heterocycles. The van der Waals surface area contributed by atoms with Crippen LogP contribution < -0.4 is 5.32 Å². The van der Waals surface area contributed by atoms with E-state index in [9.17, 15) is 29.5 Å². The number of hydrogen-bond donors (Lipinski definition) is 2. The summed E-state index contributed by atoms with van der Waals surface area (Å²) < 4.78 is 10.3. The molecule has 0 fully saturated rings. The molecule has 0 radical (unpaired) electrons. The highest BCUT2D eigenvalue weighted by atomic mass is 35.5. The number of aliphatic carboxylic acids is 1. The molecule has 0 aliphatic rings. The Bertz CT molecular complexity index is 1370. The summed E-state index contributed by atoms with van der Waals surface area (Å²) in [5.41, 5.74) is -0.250. The number of rotatable bonds is 8. The number of para-hydroxylation sites is 1. The second-order valence-corrected chi connectivity index (χ2v) is 7.91. The molecule has 2 N–H and O–H groups in total. The third-order valence-electron chi connectivity index (χ3n) is 4.74. The van der Waals surface area contributed by atoms with Crippen molar-refractivity contribution in [2.24, 2.45) is 0 Å². The van der Waals surface area contributed by atoms with Crippen LogP contribution in [0, 0.1) is 11.3 Å². The number of ether oxygens (including phenoxy) is 2. The first-order valence-corrected chi connectivity index (χ1v) is 10.9. The van der Waals surface area contributed by atoms with Crippen molar-refractivity contribution in [3.8, 4) is 6.07 Å². The Morgan fingerprint density at radius 3 is 1.75 bits per heavy atom. The lowest BCUT2D eigenvalue weighted by Crippen LogP contribution is -2.48. The number of halogens is 2. The SMILES string of the molecule is N#Cc1ccccc1NC(=O)[C@H](OC(=O)c1ccccc1Cl)[C@@H](OC(=O)c1ccccc1Cl)C(=O)O. The molecule has 3 aromatic carbocycles. The summed E-state index contributed by atoms with van der Waals surface area (Å²) in [6, 6.07) is 19.1. The highest BCUT2D eigenvalue weighted by Crippen LogP contribution is 2.22. The van der Waals surface area contributed by atoms with Crippen LogP contribution in [0.1, 0.15) is 26.3 Å². The van der Waals surface area contributed by atoms with Crippen LogP contribution in [0.5, 0.6) is 0 Å². The van der Waals surface area contributed by atoms with Gasteiger partial charge in [-0.3, -0.25) is 4.79 Å². The van der Waals surface area contributed by atoms with Gasteiger partial charge < -0.3 is 19.9 Å². The van der Waals surface area contributed by atoms with Crippen molar-refractivity contribution in [1.82, 2.24) is 0 Å². The van der Waals surface area contributed by atoms with Crippen molar-refractivity contribution in [2.45, 2.75) is 12.2 Å². The zero-order chi connectivity index (χ0) is 26.2. The number of anilines is 1. The van der Waals surface area contributed by atoms with E-state index in [1.165, 1.54) is 54.6 Å². The van der Waals surface area contributed by atoms with Crippen molar-refractivity contribution in [3.63, 3.8) is 0 Å². The Morgan fingerprint density at radius 1 is 0.778 bits per heavy atom. The minimum atomic E-state index is -2.28. The standard InChI is InChI=1S/C25H16Cl2N2O7/c26-17-10-4-2-8-15(17)24(33)35-20(22(30)29-19-12-6-1-7-14(19)13-28)21(23(31)32)36-25(34)16-9-3-5-11-18(16)27/h1-12,20-21H,(H,29,30)(H,31,32)/t20-,21-/m1/s1. The minimum Gasteiger partial charge on any atom is -0.478 e. The predicted octanol–water partition coefficient (Wildman–Crippen LogP) is 4.34. The van der Waals surface area contributed by atoms with Gasteiger partial charge in [0.05, 0.1) is 32.4 Å². The fourth-order valence-corrected chi connectivity index (χ4v) is 3.42. The van der Waals surface area contributed by atoms with E-state index in [4.69, 9.17) is 32.7 Å². The number of nitrogens with zero attached hydrogens (tertiary/aromatic N) is 1. The molecule has 0 aromatic heterocycles. The molecular formula is C25H16Cl2N2O7. The summed E-state index contributed by atoms with van der Waals surface area (Å²) in [7, 11) is 0. The summed E-state index contributed by atoms with van der Waals surface area (Å²) in [6.45, 7) is 0. The number of amides is 1.